The minimum atomic E-state index is -0.711. The third-order valence-electron chi connectivity index (χ3n) is 3.26. The van der Waals surface area contributed by atoms with E-state index in [1.54, 1.807) is 13.0 Å². The highest BCUT2D eigenvalue weighted by atomic mass is 35.5. The second-order valence-electron chi connectivity index (χ2n) is 4.71. The van der Waals surface area contributed by atoms with Crippen LogP contribution in [0.1, 0.15) is 33.2 Å². The molecule has 0 aliphatic rings. The number of hydrogen-bond acceptors (Lipinski definition) is 2. The first kappa shape index (κ1) is 15.2. The smallest absolute Gasteiger partial charge is 0.249 e. The lowest BCUT2D eigenvalue weighted by Gasteiger charge is -2.16. The van der Waals surface area contributed by atoms with E-state index < -0.39 is 11.7 Å². The van der Waals surface area contributed by atoms with Gasteiger partial charge in [0, 0.05) is 16.1 Å². The Labute approximate surface area is 126 Å². The fourth-order valence-electron chi connectivity index (χ4n) is 2.28. The maximum atomic E-state index is 13.5. The van der Waals surface area contributed by atoms with E-state index in [4.69, 9.17) is 17.3 Å². The van der Waals surface area contributed by atoms with Gasteiger partial charge >= 0.3 is 0 Å². The molecule has 0 atom stereocenters. The highest BCUT2D eigenvalue weighted by molar-refractivity contribution is 6.33. The summed E-state index contributed by atoms with van der Waals surface area (Å²) in [5.41, 5.74) is 7.00. The molecule has 0 spiro atoms. The number of carbonyl (C=O) groups is 2. The lowest BCUT2D eigenvalue weighted by molar-refractivity contribution is 0.1000. The molecule has 2 aromatic carbocycles. The summed E-state index contributed by atoms with van der Waals surface area (Å²) in [7, 11) is 0. The van der Waals surface area contributed by atoms with Crippen LogP contribution in [0.3, 0.4) is 0 Å². The SMILES string of the molecule is CC(=O)c1cc(Cl)c(C)c(C(N)=O)c1-c1cccc(F)c1. The topological polar surface area (TPSA) is 60.2 Å². The number of amides is 1. The number of nitrogens with two attached hydrogens (primary N) is 1. The van der Waals surface area contributed by atoms with Gasteiger partial charge in [0.1, 0.15) is 5.82 Å². The Morgan fingerprint density at radius 3 is 2.43 bits per heavy atom. The van der Waals surface area contributed by atoms with E-state index in [9.17, 15) is 14.0 Å². The van der Waals surface area contributed by atoms with Crippen LogP contribution in [0, 0.1) is 12.7 Å². The Morgan fingerprint density at radius 2 is 1.90 bits per heavy atom. The standard InChI is InChI=1S/C16H13ClFNO2/c1-8-13(17)7-12(9(2)20)15(14(8)16(19)21)10-4-3-5-11(18)6-10/h3-7H,1-2H3,(H2,19,21). The van der Waals surface area contributed by atoms with Gasteiger partial charge < -0.3 is 5.73 Å². The molecule has 0 aliphatic carbocycles. The highest BCUT2D eigenvalue weighted by Gasteiger charge is 2.22. The van der Waals surface area contributed by atoms with Crippen molar-refractivity contribution < 1.29 is 14.0 Å². The van der Waals surface area contributed by atoms with E-state index in [-0.39, 0.29) is 21.9 Å². The van der Waals surface area contributed by atoms with E-state index in [0.717, 1.165) is 0 Å². The average Bonchev–Trinajstić information content (AvgIpc) is 2.40. The van der Waals surface area contributed by atoms with E-state index in [1.165, 1.54) is 31.2 Å². The number of ketones is 1. The summed E-state index contributed by atoms with van der Waals surface area (Å²) in [4.78, 5) is 23.6. The number of rotatable bonds is 3. The van der Waals surface area contributed by atoms with Crippen molar-refractivity contribution in [3.8, 4) is 11.1 Å². The van der Waals surface area contributed by atoms with Crippen LogP contribution in [-0.4, -0.2) is 11.7 Å². The molecule has 2 aromatic rings. The molecule has 0 saturated heterocycles. The largest absolute Gasteiger partial charge is 0.366 e. The molecule has 108 valence electrons. The third kappa shape index (κ3) is 2.81. The Kier molecular flexibility index (Phi) is 4.09. The van der Waals surface area contributed by atoms with Crippen molar-refractivity contribution >= 4 is 23.3 Å². The maximum Gasteiger partial charge on any atom is 0.249 e. The second kappa shape index (κ2) is 5.66. The van der Waals surface area contributed by atoms with Crippen molar-refractivity contribution in [3.05, 3.63) is 57.9 Å². The molecule has 21 heavy (non-hydrogen) atoms. The van der Waals surface area contributed by atoms with Crippen LogP contribution >= 0.6 is 11.6 Å². The minimum absolute atomic E-state index is 0.137. The van der Waals surface area contributed by atoms with E-state index >= 15 is 0 Å². The van der Waals surface area contributed by atoms with Crippen molar-refractivity contribution in [3.63, 3.8) is 0 Å². The van der Waals surface area contributed by atoms with Crippen molar-refractivity contribution in [1.82, 2.24) is 0 Å². The molecule has 0 aromatic heterocycles. The second-order valence-corrected chi connectivity index (χ2v) is 5.12. The van der Waals surface area contributed by atoms with E-state index in [1.807, 2.05) is 0 Å². The number of benzene rings is 2. The lowest BCUT2D eigenvalue weighted by atomic mass is 9.89. The lowest BCUT2D eigenvalue weighted by Crippen LogP contribution is -2.16. The van der Waals surface area contributed by atoms with Crippen LogP contribution in [0.4, 0.5) is 4.39 Å². The zero-order chi connectivity index (χ0) is 15.7. The van der Waals surface area contributed by atoms with E-state index in [2.05, 4.69) is 0 Å². The maximum absolute atomic E-state index is 13.5. The summed E-state index contributed by atoms with van der Waals surface area (Å²) in [5, 5.41) is 0.272. The molecule has 0 bridgehead atoms. The molecular weight excluding hydrogens is 293 g/mol. The average molecular weight is 306 g/mol. The Bertz CT molecular complexity index is 756. The van der Waals surface area contributed by atoms with Crippen LogP contribution in [0.5, 0.6) is 0 Å². The van der Waals surface area contributed by atoms with Crippen LogP contribution in [0.25, 0.3) is 11.1 Å². The molecule has 3 nitrogen and oxygen atoms in total. The zero-order valence-corrected chi connectivity index (χ0v) is 12.3. The van der Waals surface area contributed by atoms with Gasteiger partial charge in [0.25, 0.3) is 0 Å². The van der Waals surface area contributed by atoms with Gasteiger partial charge in [-0.05, 0) is 43.2 Å². The number of carbonyl (C=O) groups excluding carboxylic acids is 2. The van der Waals surface area contributed by atoms with Crippen LogP contribution in [0.15, 0.2) is 30.3 Å². The fraction of sp³-hybridized carbons (Fsp3) is 0.125. The summed E-state index contributed by atoms with van der Waals surface area (Å²) in [6, 6.07) is 7.13. The number of hydrogen-bond donors (Lipinski definition) is 1. The fourth-order valence-corrected chi connectivity index (χ4v) is 2.48. The minimum Gasteiger partial charge on any atom is -0.366 e. The Hall–Kier alpha value is -2.20. The molecule has 0 unspecified atom stereocenters. The van der Waals surface area contributed by atoms with Gasteiger partial charge in [-0.1, -0.05) is 23.7 Å². The zero-order valence-electron chi connectivity index (χ0n) is 11.5. The van der Waals surface area contributed by atoms with Gasteiger partial charge in [-0.2, -0.15) is 0 Å². The summed E-state index contributed by atoms with van der Waals surface area (Å²) in [6.45, 7) is 2.99. The predicted octanol–water partition coefficient (Wildman–Crippen LogP) is 3.76. The first-order valence-electron chi connectivity index (χ1n) is 6.22. The monoisotopic (exact) mass is 305 g/mol. The van der Waals surface area contributed by atoms with Gasteiger partial charge in [-0.25, -0.2) is 4.39 Å². The van der Waals surface area contributed by atoms with Gasteiger partial charge in [0.05, 0.1) is 5.56 Å². The van der Waals surface area contributed by atoms with Gasteiger partial charge in [0.15, 0.2) is 5.78 Å². The number of primary amides is 1. The van der Waals surface area contributed by atoms with E-state index in [0.29, 0.717) is 16.7 Å². The van der Waals surface area contributed by atoms with Crippen molar-refractivity contribution in [2.24, 2.45) is 5.73 Å². The Morgan fingerprint density at radius 1 is 1.24 bits per heavy atom. The van der Waals surface area contributed by atoms with Gasteiger partial charge in [0.2, 0.25) is 5.91 Å². The van der Waals surface area contributed by atoms with Gasteiger partial charge in [-0.15, -0.1) is 0 Å². The van der Waals surface area contributed by atoms with Crippen molar-refractivity contribution in [1.29, 1.82) is 0 Å². The van der Waals surface area contributed by atoms with Crippen LogP contribution in [0.2, 0.25) is 5.02 Å². The molecule has 1 amide bonds. The molecule has 2 N–H and O–H groups in total. The molecule has 0 heterocycles. The van der Waals surface area contributed by atoms with Crippen LogP contribution in [-0.2, 0) is 0 Å². The first-order valence-corrected chi connectivity index (χ1v) is 6.60. The summed E-state index contributed by atoms with van der Waals surface area (Å²) in [6.07, 6.45) is 0. The summed E-state index contributed by atoms with van der Waals surface area (Å²) >= 11 is 6.06. The summed E-state index contributed by atoms with van der Waals surface area (Å²) < 4.78 is 13.5. The molecule has 2 rings (SSSR count). The Balaban J connectivity index is 2.93. The normalized spacial score (nSPS) is 10.5. The van der Waals surface area contributed by atoms with Crippen molar-refractivity contribution in [2.75, 3.05) is 0 Å². The highest BCUT2D eigenvalue weighted by Crippen LogP contribution is 2.34. The van der Waals surface area contributed by atoms with Crippen molar-refractivity contribution in [2.45, 2.75) is 13.8 Å². The van der Waals surface area contributed by atoms with Crippen LogP contribution < -0.4 is 5.73 Å². The number of Topliss-reactive ketones (excluding diaryl/α,β-unsaturated/α-hetero) is 1. The molecule has 0 aliphatic heterocycles. The predicted molar refractivity (Wildman–Crippen MR) is 80.1 cm³/mol. The number of halogens is 2. The third-order valence-corrected chi connectivity index (χ3v) is 3.66. The first-order chi connectivity index (χ1) is 9.82. The molecule has 0 saturated carbocycles. The molecule has 0 fully saturated rings. The molecular formula is C16H13ClFNO2. The summed E-state index contributed by atoms with van der Waals surface area (Å²) in [5.74, 6) is -1.46. The van der Waals surface area contributed by atoms with Gasteiger partial charge in [-0.3, -0.25) is 9.59 Å². The quantitative estimate of drug-likeness (QED) is 0.878. The molecule has 0 radical (unpaired) electrons. The molecule has 5 heteroatoms.